The molecule has 0 amide bonds. The summed E-state index contributed by atoms with van der Waals surface area (Å²) >= 11 is 0. The average molecular weight is 240 g/mol. The van der Waals surface area contributed by atoms with E-state index >= 15 is 0 Å². The van der Waals surface area contributed by atoms with Crippen molar-refractivity contribution in [3.05, 3.63) is 0 Å². The molecule has 100 valence electrons. The van der Waals surface area contributed by atoms with Gasteiger partial charge in [-0.25, -0.2) is 0 Å². The molecular formula is C14H28N2O. The second-order valence-corrected chi connectivity index (χ2v) is 5.68. The first kappa shape index (κ1) is 13.3. The zero-order valence-electron chi connectivity index (χ0n) is 11.2. The van der Waals surface area contributed by atoms with Gasteiger partial charge >= 0.3 is 0 Å². The van der Waals surface area contributed by atoms with Crippen LogP contribution in [-0.4, -0.2) is 42.8 Å². The Kier molecular flexibility index (Phi) is 5.26. The highest BCUT2D eigenvalue weighted by Gasteiger charge is 2.29. The van der Waals surface area contributed by atoms with Gasteiger partial charge in [-0.15, -0.1) is 0 Å². The monoisotopic (exact) mass is 240 g/mol. The fourth-order valence-corrected chi connectivity index (χ4v) is 3.34. The third-order valence-electron chi connectivity index (χ3n) is 4.30. The fourth-order valence-electron chi connectivity index (χ4n) is 3.34. The zero-order chi connectivity index (χ0) is 12.1. The van der Waals surface area contributed by atoms with Gasteiger partial charge in [-0.2, -0.15) is 0 Å². The Balaban J connectivity index is 1.90. The van der Waals surface area contributed by atoms with Gasteiger partial charge in [0.1, 0.15) is 0 Å². The Morgan fingerprint density at radius 3 is 2.47 bits per heavy atom. The number of hydrogen-bond donors (Lipinski definition) is 1. The summed E-state index contributed by atoms with van der Waals surface area (Å²) in [5.74, 6) is 0. The largest absolute Gasteiger partial charge is 0.380 e. The first-order valence-electron chi connectivity index (χ1n) is 7.40. The van der Waals surface area contributed by atoms with E-state index in [2.05, 4.69) is 11.8 Å². The minimum Gasteiger partial charge on any atom is -0.380 e. The maximum Gasteiger partial charge on any atom is 0.0621 e. The van der Waals surface area contributed by atoms with Crippen LogP contribution < -0.4 is 5.73 Å². The third-order valence-corrected chi connectivity index (χ3v) is 4.30. The number of hydrogen-bond acceptors (Lipinski definition) is 3. The van der Waals surface area contributed by atoms with Gasteiger partial charge in [0.25, 0.3) is 0 Å². The molecule has 1 aliphatic heterocycles. The van der Waals surface area contributed by atoms with Crippen LogP contribution >= 0.6 is 0 Å². The SMILES string of the molecule is CCCN(C1CCC(N)CC1)C1CCCOC1. The molecule has 2 N–H and O–H groups in total. The van der Waals surface area contributed by atoms with E-state index in [4.69, 9.17) is 10.5 Å². The normalized spacial score (nSPS) is 35.1. The summed E-state index contributed by atoms with van der Waals surface area (Å²) in [6, 6.07) is 1.89. The zero-order valence-corrected chi connectivity index (χ0v) is 11.2. The standard InChI is InChI=1S/C14H28N2O/c1-2-9-16(14-4-3-10-17-11-14)13-7-5-12(15)6-8-13/h12-14H,2-11,15H2,1H3. The van der Waals surface area contributed by atoms with Crippen LogP contribution in [0.25, 0.3) is 0 Å². The van der Waals surface area contributed by atoms with Crippen LogP contribution in [0.15, 0.2) is 0 Å². The van der Waals surface area contributed by atoms with Gasteiger partial charge in [0.2, 0.25) is 0 Å². The van der Waals surface area contributed by atoms with E-state index in [0.29, 0.717) is 12.1 Å². The highest BCUT2D eigenvalue weighted by molar-refractivity contribution is 4.85. The van der Waals surface area contributed by atoms with Crippen molar-refractivity contribution < 1.29 is 4.74 Å². The fraction of sp³-hybridized carbons (Fsp3) is 1.00. The lowest BCUT2D eigenvalue weighted by Crippen LogP contribution is -2.49. The van der Waals surface area contributed by atoms with Gasteiger partial charge in [0.15, 0.2) is 0 Å². The summed E-state index contributed by atoms with van der Waals surface area (Å²) in [5, 5.41) is 0. The molecule has 0 spiro atoms. The lowest BCUT2D eigenvalue weighted by molar-refractivity contribution is -0.00798. The molecule has 1 aliphatic carbocycles. The molecule has 0 aromatic rings. The molecule has 0 aromatic heterocycles. The van der Waals surface area contributed by atoms with Gasteiger partial charge in [0, 0.05) is 24.7 Å². The van der Waals surface area contributed by atoms with E-state index in [0.717, 1.165) is 19.3 Å². The third kappa shape index (κ3) is 3.67. The Labute approximate surface area is 106 Å². The van der Waals surface area contributed by atoms with Crippen LogP contribution in [0.3, 0.4) is 0 Å². The van der Waals surface area contributed by atoms with Crippen LogP contribution in [0.2, 0.25) is 0 Å². The van der Waals surface area contributed by atoms with Crippen molar-refractivity contribution in [2.75, 3.05) is 19.8 Å². The predicted octanol–water partition coefficient (Wildman–Crippen LogP) is 2.15. The molecule has 1 atom stereocenters. The predicted molar refractivity (Wildman–Crippen MR) is 71.1 cm³/mol. The Hall–Kier alpha value is -0.120. The van der Waals surface area contributed by atoms with Crippen molar-refractivity contribution in [1.29, 1.82) is 0 Å². The Morgan fingerprint density at radius 2 is 1.88 bits per heavy atom. The topological polar surface area (TPSA) is 38.5 Å². The van der Waals surface area contributed by atoms with Crippen LogP contribution in [0.4, 0.5) is 0 Å². The van der Waals surface area contributed by atoms with E-state index in [1.54, 1.807) is 0 Å². The van der Waals surface area contributed by atoms with Gasteiger partial charge in [-0.05, 0) is 51.5 Å². The lowest BCUT2D eigenvalue weighted by atomic mass is 9.89. The van der Waals surface area contributed by atoms with E-state index in [1.807, 2.05) is 0 Å². The van der Waals surface area contributed by atoms with E-state index in [-0.39, 0.29) is 0 Å². The number of nitrogens with two attached hydrogens (primary N) is 1. The molecule has 1 heterocycles. The van der Waals surface area contributed by atoms with Crippen molar-refractivity contribution in [3.8, 4) is 0 Å². The van der Waals surface area contributed by atoms with E-state index < -0.39 is 0 Å². The summed E-state index contributed by atoms with van der Waals surface area (Å²) in [6.07, 6.45) is 8.80. The second kappa shape index (κ2) is 6.72. The van der Waals surface area contributed by atoms with Gasteiger partial charge < -0.3 is 10.5 Å². The van der Waals surface area contributed by atoms with Crippen molar-refractivity contribution in [1.82, 2.24) is 4.90 Å². The Morgan fingerprint density at radius 1 is 1.12 bits per heavy atom. The van der Waals surface area contributed by atoms with Gasteiger partial charge in [0.05, 0.1) is 6.61 Å². The molecule has 0 radical (unpaired) electrons. The summed E-state index contributed by atoms with van der Waals surface area (Å²) in [7, 11) is 0. The molecule has 2 fully saturated rings. The van der Waals surface area contributed by atoms with Crippen LogP contribution in [-0.2, 0) is 4.74 Å². The van der Waals surface area contributed by atoms with Crippen molar-refractivity contribution in [2.45, 2.75) is 70.0 Å². The molecule has 17 heavy (non-hydrogen) atoms. The quantitative estimate of drug-likeness (QED) is 0.818. The first-order valence-corrected chi connectivity index (χ1v) is 7.40. The molecule has 0 bridgehead atoms. The van der Waals surface area contributed by atoms with Crippen LogP contribution in [0.1, 0.15) is 51.9 Å². The number of ether oxygens (including phenoxy) is 1. The smallest absolute Gasteiger partial charge is 0.0621 e. The van der Waals surface area contributed by atoms with Crippen LogP contribution in [0, 0.1) is 0 Å². The molecule has 2 aliphatic rings. The lowest BCUT2D eigenvalue weighted by Gasteiger charge is -2.42. The average Bonchev–Trinajstić information content (AvgIpc) is 2.38. The maximum absolute atomic E-state index is 6.01. The molecule has 1 saturated carbocycles. The summed E-state index contributed by atoms with van der Waals surface area (Å²) in [4.78, 5) is 2.73. The van der Waals surface area contributed by atoms with Crippen molar-refractivity contribution >= 4 is 0 Å². The molecule has 2 rings (SSSR count). The number of nitrogens with zero attached hydrogens (tertiary/aromatic N) is 1. The second-order valence-electron chi connectivity index (χ2n) is 5.68. The van der Waals surface area contributed by atoms with Gasteiger partial charge in [-0.3, -0.25) is 4.90 Å². The molecule has 0 aromatic carbocycles. The highest BCUT2D eigenvalue weighted by atomic mass is 16.5. The molecule has 3 heteroatoms. The van der Waals surface area contributed by atoms with Crippen molar-refractivity contribution in [2.24, 2.45) is 5.73 Å². The number of rotatable bonds is 4. The van der Waals surface area contributed by atoms with E-state index in [9.17, 15) is 0 Å². The van der Waals surface area contributed by atoms with Crippen LogP contribution in [0.5, 0.6) is 0 Å². The Bertz CT molecular complexity index is 208. The van der Waals surface area contributed by atoms with E-state index in [1.165, 1.54) is 51.5 Å². The maximum atomic E-state index is 6.01. The summed E-state index contributed by atoms with van der Waals surface area (Å²) in [6.45, 7) is 5.42. The highest BCUT2D eigenvalue weighted by Crippen LogP contribution is 2.26. The molecule has 1 saturated heterocycles. The first-order chi connectivity index (χ1) is 8.31. The summed E-state index contributed by atoms with van der Waals surface area (Å²) < 4.78 is 5.65. The minimum absolute atomic E-state index is 0.456. The summed E-state index contributed by atoms with van der Waals surface area (Å²) in [5.41, 5.74) is 6.01. The molecule has 1 unspecified atom stereocenters. The molecular weight excluding hydrogens is 212 g/mol. The van der Waals surface area contributed by atoms with Gasteiger partial charge in [-0.1, -0.05) is 6.92 Å². The minimum atomic E-state index is 0.456. The van der Waals surface area contributed by atoms with Crippen molar-refractivity contribution in [3.63, 3.8) is 0 Å². The molecule has 3 nitrogen and oxygen atoms in total.